The molecule has 106 valence electrons. The molecule has 4 nitrogen and oxygen atoms in total. The van der Waals surface area contributed by atoms with E-state index < -0.39 is 20.6 Å². The van der Waals surface area contributed by atoms with Crippen LogP contribution in [0.25, 0.3) is 0 Å². The highest BCUT2D eigenvalue weighted by atomic mass is 32.2. The number of sulfone groups is 1. The molecular formula is C13H18O4S2. The second kappa shape index (κ2) is 6.15. The molecule has 0 saturated carbocycles. The van der Waals surface area contributed by atoms with Gasteiger partial charge in [-0.1, -0.05) is 12.1 Å². The summed E-state index contributed by atoms with van der Waals surface area (Å²) in [6, 6.07) is 6.48. The summed E-state index contributed by atoms with van der Waals surface area (Å²) in [4.78, 5) is 0.545. The number of hydrogen-bond acceptors (Lipinski definition) is 4. The van der Waals surface area contributed by atoms with Crippen molar-refractivity contribution in [3.63, 3.8) is 0 Å². The third kappa shape index (κ3) is 3.87. The average Bonchev–Trinajstić information content (AvgIpc) is 2.39. The van der Waals surface area contributed by atoms with Gasteiger partial charge in [0.05, 0.1) is 32.4 Å². The summed E-state index contributed by atoms with van der Waals surface area (Å²) in [6.07, 6.45) is 4.13. The molecule has 0 amide bonds. The van der Waals surface area contributed by atoms with E-state index >= 15 is 0 Å². The third-order valence-corrected chi connectivity index (χ3v) is 5.91. The first-order valence-corrected chi connectivity index (χ1v) is 9.48. The Kier molecular flexibility index (Phi) is 4.76. The molecule has 1 fully saturated rings. The number of benzene rings is 1. The molecule has 1 aromatic carbocycles. The van der Waals surface area contributed by atoms with Crippen LogP contribution in [-0.4, -0.2) is 37.3 Å². The summed E-state index contributed by atoms with van der Waals surface area (Å²) >= 11 is 0. The Balaban J connectivity index is 2.19. The van der Waals surface area contributed by atoms with Gasteiger partial charge >= 0.3 is 0 Å². The molecule has 1 aliphatic heterocycles. The van der Waals surface area contributed by atoms with Gasteiger partial charge in [-0.25, -0.2) is 8.42 Å². The molecule has 0 bridgehead atoms. The Morgan fingerprint density at radius 2 is 2.05 bits per heavy atom. The highest BCUT2D eigenvalue weighted by Gasteiger charge is 2.22. The smallest absolute Gasteiger partial charge is 0.176 e. The first-order valence-electron chi connectivity index (χ1n) is 6.27. The van der Waals surface area contributed by atoms with E-state index in [9.17, 15) is 12.6 Å². The Bertz CT molecular complexity index is 560. The van der Waals surface area contributed by atoms with E-state index in [0.717, 1.165) is 25.5 Å². The van der Waals surface area contributed by atoms with Crippen LogP contribution in [0.2, 0.25) is 0 Å². The number of ether oxygens (including phenoxy) is 1. The van der Waals surface area contributed by atoms with E-state index in [1.165, 1.54) is 6.07 Å². The van der Waals surface area contributed by atoms with Gasteiger partial charge in [-0.2, -0.15) is 0 Å². The first-order chi connectivity index (χ1) is 8.98. The maximum Gasteiger partial charge on any atom is 0.176 e. The summed E-state index contributed by atoms with van der Waals surface area (Å²) in [6.45, 7) is 0.704. The van der Waals surface area contributed by atoms with Crippen molar-refractivity contribution in [3.8, 4) is 0 Å². The van der Waals surface area contributed by atoms with Gasteiger partial charge in [0, 0.05) is 12.9 Å². The lowest BCUT2D eigenvalue weighted by Crippen LogP contribution is -2.25. The zero-order valence-electron chi connectivity index (χ0n) is 10.9. The second-order valence-electron chi connectivity index (χ2n) is 4.72. The van der Waals surface area contributed by atoms with Crippen molar-refractivity contribution in [2.45, 2.75) is 35.2 Å². The Labute approximate surface area is 116 Å². The van der Waals surface area contributed by atoms with Gasteiger partial charge in [0.15, 0.2) is 9.84 Å². The Morgan fingerprint density at radius 1 is 1.32 bits per heavy atom. The van der Waals surface area contributed by atoms with E-state index in [1.54, 1.807) is 18.2 Å². The van der Waals surface area contributed by atoms with Gasteiger partial charge in [-0.3, -0.25) is 4.21 Å². The molecule has 1 aromatic rings. The minimum Gasteiger partial charge on any atom is -0.377 e. The van der Waals surface area contributed by atoms with Crippen LogP contribution in [0.5, 0.6) is 0 Å². The molecule has 0 spiro atoms. The summed E-state index contributed by atoms with van der Waals surface area (Å²) < 4.78 is 41.3. The first kappa shape index (κ1) is 14.7. The standard InChI is InChI=1S/C13H18O4S2/c1-19(15,16)13-8-3-2-7-12(13)18(14)10-11-6-4-5-9-17-11/h2-3,7-8,11H,4-6,9-10H2,1H3/t11-,18+/m1/s1. The van der Waals surface area contributed by atoms with Crippen molar-refractivity contribution in [2.75, 3.05) is 18.6 Å². The minimum atomic E-state index is -3.35. The zero-order chi connectivity index (χ0) is 13.9. The maximum absolute atomic E-state index is 12.3. The van der Waals surface area contributed by atoms with Crippen LogP contribution in [0.1, 0.15) is 19.3 Å². The topological polar surface area (TPSA) is 60.4 Å². The van der Waals surface area contributed by atoms with Crippen molar-refractivity contribution in [1.29, 1.82) is 0 Å². The molecule has 0 aromatic heterocycles. The van der Waals surface area contributed by atoms with E-state index in [4.69, 9.17) is 4.74 Å². The largest absolute Gasteiger partial charge is 0.377 e. The lowest BCUT2D eigenvalue weighted by atomic mass is 10.1. The lowest BCUT2D eigenvalue weighted by molar-refractivity contribution is 0.0310. The summed E-state index contributed by atoms with van der Waals surface area (Å²) in [5, 5.41) is 0. The molecule has 19 heavy (non-hydrogen) atoms. The van der Waals surface area contributed by atoms with E-state index in [0.29, 0.717) is 17.3 Å². The van der Waals surface area contributed by atoms with Gasteiger partial charge in [-0.05, 0) is 31.4 Å². The fraction of sp³-hybridized carbons (Fsp3) is 0.538. The monoisotopic (exact) mass is 302 g/mol. The fourth-order valence-electron chi connectivity index (χ4n) is 2.14. The van der Waals surface area contributed by atoms with Crippen LogP contribution >= 0.6 is 0 Å². The fourth-order valence-corrected chi connectivity index (χ4v) is 4.94. The van der Waals surface area contributed by atoms with Crippen LogP contribution in [0, 0.1) is 0 Å². The van der Waals surface area contributed by atoms with E-state index in [1.807, 2.05) is 0 Å². The van der Waals surface area contributed by atoms with Crippen LogP contribution < -0.4 is 0 Å². The van der Waals surface area contributed by atoms with Crippen LogP contribution in [0.3, 0.4) is 0 Å². The summed E-state index contributed by atoms with van der Waals surface area (Å²) in [7, 11) is -4.70. The minimum absolute atomic E-state index is 0.0257. The zero-order valence-corrected chi connectivity index (χ0v) is 12.5. The molecule has 1 heterocycles. The number of hydrogen-bond donors (Lipinski definition) is 0. The SMILES string of the molecule is CS(=O)(=O)c1ccccc1[S@@](=O)C[C@H]1CCCCO1. The number of rotatable bonds is 4. The summed E-state index contributed by atoms with van der Waals surface area (Å²) in [5.74, 6) is 0.368. The van der Waals surface area contributed by atoms with Gasteiger partial charge in [0.2, 0.25) is 0 Å². The van der Waals surface area contributed by atoms with Gasteiger partial charge in [-0.15, -0.1) is 0 Å². The van der Waals surface area contributed by atoms with Crippen molar-refractivity contribution in [2.24, 2.45) is 0 Å². The van der Waals surface area contributed by atoms with Gasteiger partial charge in [0.25, 0.3) is 0 Å². The van der Waals surface area contributed by atoms with E-state index in [2.05, 4.69) is 0 Å². The molecule has 1 aliphatic rings. The highest BCUT2D eigenvalue weighted by molar-refractivity contribution is 7.92. The molecule has 0 radical (unpaired) electrons. The lowest BCUT2D eigenvalue weighted by Gasteiger charge is -2.22. The Morgan fingerprint density at radius 3 is 2.68 bits per heavy atom. The van der Waals surface area contributed by atoms with Crippen LogP contribution in [0.15, 0.2) is 34.1 Å². The molecule has 0 N–H and O–H groups in total. The molecule has 6 heteroatoms. The average molecular weight is 302 g/mol. The van der Waals surface area contributed by atoms with Crippen molar-refractivity contribution in [1.82, 2.24) is 0 Å². The molecular weight excluding hydrogens is 284 g/mol. The van der Waals surface area contributed by atoms with Crippen LogP contribution in [-0.2, 0) is 25.4 Å². The van der Waals surface area contributed by atoms with Crippen molar-refractivity contribution >= 4 is 20.6 Å². The molecule has 2 rings (SSSR count). The molecule has 1 saturated heterocycles. The third-order valence-electron chi connectivity index (χ3n) is 3.11. The summed E-state index contributed by atoms with van der Waals surface area (Å²) in [5.41, 5.74) is 0. The molecule has 0 unspecified atom stereocenters. The van der Waals surface area contributed by atoms with Gasteiger partial charge in [0.1, 0.15) is 0 Å². The highest BCUT2D eigenvalue weighted by Crippen LogP contribution is 2.22. The normalized spacial score (nSPS) is 22.1. The predicted molar refractivity (Wildman–Crippen MR) is 74.4 cm³/mol. The van der Waals surface area contributed by atoms with E-state index in [-0.39, 0.29) is 11.0 Å². The predicted octanol–water partition coefficient (Wildman–Crippen LogP) is 1.77. The molecule has 2 atom stereocenters. The van der Waals surface area contributed by atoms with Crippen molar-refractivity contribution < 1.29 is 17.4 Å². The van der Waals surface area contributed by atoms with Crippen LogP contribution in [0.4, 0.5) is 0 Å². The van der Waals surface area contributed by atoms with Crippen molar-refractivity contribution in [3.05, 3.63) is 24.3 Å². The molecule has 0 aliphatic carbocycles. The second-order valence-corrected chi connectivity index (χ2v) is 8.17. The van der Waals surface area contributed by atoms with Gasteiger partial charge < -0.3 is 4.74 Å². The maximum atomic E-state index is 12.3. The Hall–Kier alpha value is -0.720. The quantitative estimate of drug-likeness (QED) is 0.850.